The third-order valence-electron chi connectivity index (χ3n) is 14.6. The maximum absolute atomic E-state index is 13.0. The zero-order valence-electron chi connectivity index (χ0n) is 50.3. The zero-order valence-corrected chi connectivity index (χ0v) is 51.2. The molecule has 0 radical (unpaired) electrons. The highest BCUT2D eigenvalue weighted by molar-refractivity contribution is 7.47. The number of ether oxygens (including phenoxy) is 5. The van der Waals surface area contributed by atoms with Gasteiger partial charge >= 0.3 is 19.8 Å². The lowest BCUT2D eigenvalue weighted by Crippen LogP contribution is -2.37. The molecule has 15 heteroatoms. The van der Waals surface area contributed by atoms with Crippen molar-refractivity contribution < 1.29 is 56.3 Å². The number of quaternary nitrogens is 1. The molecular weight excluding hydrogens is 1040 g/mol. The van der Waals surface area contributed by atoms with E-state index in [4.69, 9.17) is 37.7 Å². The summed E-state index contributed by atoms with van der Waals surface area (Å²) < 4.78 is 51.8. The molecule has 1 aliphatic rings. The highest BCUT2D eigenvalue weighted by Crippen LogP contribution is 2.43. The molecule has 4 aromatic rings. The summed E-state index contributed by atoms with van der Waals surface area (Å²) in [6.45, 7) is 6.92. The van der Waals surface area contributed by atoms with E-state index in [0.717, 1.165) is 138 Å². The number of hydrogen-bond acceptors (Lipinski definition) is 11. The number of aromatic nitrogens is 1. The smallest absolute Gasteiger partial charge is 0.472 e. The molecule has 2 atom stereocenters. The number of allylic oxidation sites excluding steroid dienone is 2. The maximum atomic E-state index is 13.0. The van der Waals surface area contributed by atoms with Crippen molar-refractivity contribution in [3.8, 4) is 28.5 Å². The number of esters is 2. The third kappa shape index (κ3) is 25.3. The summed E-state index contributed by atoms with van der Waals surface area (Å²) in [6, 6.07) is 26.6. The fraction of sp³-hybridized carbons (Fsp3) is 0.561. The van der Waals surface area contributed by atoms with Gasteiger partial charge in [-0.05, 0) is 128 Å². The number of hydrogen-bond donors (Lipinski definition) is 2. The van der Waals surface area contributed by atoms with Crippen molar-refractivity contribution in [1.82, 2.24) is 4.98 Å². The molecule has 5 rings (SSSR count). The van der Waals surface area contributed by atoms with E-state index in [9.17, 15) is 19.0 Å². The maximum Gasteiger partial charge on any atom is 0.472 e. The number of unbranched alkanes of at least 4 members (excludes halogenated alkanes) is 19. The van der Waals surface area contributed by atoms with Gasteiger partial charge in [0.05, 0.1) is 65.7 Å². The average molecular weight is 1140 g/mol. The summed E-state index contributed by atoms with van der Waals surface area (Å²) in [5.74, 6) is 1.57. The van der Waals surface area contributed by atoms with Crippen LogP contribution in [0.15, 0.2) is 101 Å². The molecule has 1 aliphatic heterocycles. The second kappa shape index (κ2) is 36.2. The molecule has 2 heterocycles. The molecule has 0 aliphatic carbocycles. The number of rotatable bonds is 42. The summed E-state index contributed by atoms with van der Waals surface area (Å²) in [4.78, 5) is 44.9. The first kappa shape index (κ1) is 66.3. The largest absolute Gasteiger partial charge is 0.497 e. The quantitative estimate of drug-likeness (QED) is 0.0188. The molecule has 81 heavy (non-hydrogen) atoms. The van der Waals surface area contributed by atoms with E-state index in [2.05, 4.69) is 62.2 Å². The molecular formula is C66H97N3O11P+. The molecule has 2 unspecified atom stereocenters. The summed E-state index contributed by atoms with van der Waals surface area (Å²) in [7, 11) is 4.75. The van der Waals surface area contributed by atoms with Crippen LogP contribution in [0.2, 0.25) is 0 Å². The Bertz CT molecular complexity index is 2620. The molecule has 0 bridgehead atoms. The van der Waals surface area contributed by atoms with E-state index in [-0.39, 0.29) is 32.0 Å². The number of aromatic amines is 1. The van der Waals surface area contributed by atoms with Crippen molar-refractivity contribution in [1.29, 1.82) is 0 Å². The van der Waals surface area contributed by atoms with Gasteiger partial charge in [0.15, 0.2) is 6.10 Å². The predicted molar refractivity (Wildman–Crippen MR) is 326 cm³/mol. The van der Waals surface area contributed by atoms with Crippen LogP contribution in [0, 0.1) is 6.92 Å². The minimum atomic E-state index is -4.43. The minimum Gasteiger partial charge on any atom is -0.497 e. The Morgan fingerprint density at radius 3 is 1.67 bits per heavy atom. The van der Waals surface area contributed by atoms with Crippen molar-refractivity contribution in [3.05, 3.63) is 119 Å². The molecule has 0 fully saturated rings. The number of methoxy groups -OCH3 is 2. The number of likely N-dealkylation sites (N-methyl/N-ethyl adjacent to an activating group) is 1. The van der Waals surface area contributed by atoms with Crippen molar-refractivity contribution >= 4 is 31.0 Å². The van der Waals surface area contributed by atoms with Crippen LogP contribution in [-0.4, -0.2) is 106 Å². The number of nitrogens with zero attached hydrogens (tertiary/aromatic N) is 2. The number of benzene rings is 3. The number of aliphatic imine (C=N–C) groups is 1. The number of carbonyl (C=O) groups excluding carboxylic acids is 2. The lowest BCUT2D eigenvalue weighted by molar-refractivity contribution is -0.870. The highest BCUT2D eigenvalue weighted by Gasteiger charge is 2.28. The summed E-state index contributed by atoms with van der Waals surface area (Å²) >= 11 is 0. The SMILES string of the molecule is CCCCCCCCCCCCCCCC(=O)OCC(COP(=O)(O)OCC[N+](C)(C)C)OC(=O)CCCCCCCCCCOc1ccc(/C(=C2/N=C(c3ccc(OC)cc3)C=C2C)c2[nH]c(-c3ccc(OC)cc3)cc2C)cc1. The molecule has 0 spiro atoms. The average Bonchev–Trinajstić information content (AvgIpc) is 4.11. The van der Waals surface area contributed by atoms with E-state index < -0.39 is 26.5 Å². The molecule has 14 nitrogen and oxygen atoms in total. The van der Waals surface area contributed by atoms with Gasteiger partial charge in [-0.3, -0.25) is 18.6 Å². The Kier molecular flexibility index (Phi) is 29.6. The van der Waals surface area contributed by atoms with E-state index in [1.807, 2.05) is 69.7 Å². The summed E-state index contributed by atoms with van der Waals surface area (Å²) in [5, 5.41) is 0. The molecule has 3 aromatic carbocycles. The lowest BCUT2D eigenvalue weighted by Gasteiger charge is -2.24. The zero-order chi connectivity index (χ0) is 58.3. The van der Waals surface area contributed by atoms with Gasteiger partial charge in [-0.1, -0.05) is 135 Å². The topological polar surface area (TPSA) is 164 Å². The van der Waals surface area contributed by atoms with E-state index >= 15 is 0 Å². The van der Waals surface area contributed by atoms with E-state index in [1.54, 1.807) is 14.2 Å². The number of carbonyl (C=O) groups is 2. The van der Waals surface area contributed by atoms with Gasteiger partial charge in [-0.25, -0.2) is 9.56 Å². The number of H-pyrrole nitrogens is 1. The van der Waals surface area contributed by atoms with Gasteiger partial charge in [0, 0.05) is 29.7 Å². The van der Waals surface area contributed by atoms with Crippen LogP contribution in [0.3, 0.4) is 0 Å². The Morgan fingerprint density at radius 1 is 0.617 bits per heavy atom. The minimum absolute atomic E-state index is 0.00853. The van der Waals surface area contributed by atoms with Gasteiger partial charge in [-0.2, -0.15) is 0 Å². The van der Waals surface area contributed by atoms with Gasteiger partial charge in [0.1, 0.15) is 37.0 Å². The van der Waals surface area contributed by atoms with Crippen LogP contribution in [0.25, 0.3) is 16.8 Å². The summed E-state index contributed by atoms with van der Waals surface area (Å²) in [5.41, 5.74) is 10.1. The number of phosphoric ester groups is 1. The highest BCUT2D eigenvalue weighted by atomic mass is 31.2. The number of aryl methyl sites for hydroxylation is 1. The molecule has 0 saturated heterocycles. The Balaban J connectivity index is 1.01. The third-order valence-corrected chi connectivity index (χ3v) is 15.6. The fourth-order valence-corrected chi connectivity index (χ4v) is 10.5. The van der Waals surface area contributed by atoms with Crippen LogP contribution in [0.4, 0.5) is 0 Å². The molecule has 1 aromatic heterocycles. The number of phosphoric acid groups is 1. The summed E-state index contributed by atoms with van der Waals surface area (Å²) in [6.07, 6.45) is 25.0. The van der Waals surface area contributed by atoms with Crippen molar-refractivity contribution in [2.75, 3.05) is 68.3 Å². The van der Waals surface area contributed by atoms with Crippen molar-refractivity contribution in [3.63, 3.8) is 0 Å². The van der Waals surface area contributed by atoms with Crippen molar-refractivity contribution in [2.24, 2.45) is 4.99 Å². The lowest BCUT2D eigenvalue weighted by atomic mass is 9.96. The molecule has 446 valence electrons. The normalized spacial score (nSPS) is 14.2. The van der Waals surface area contributed by atoms with Crippen LogP contribution in [-0.2, 0) is 32.7 Å². The van der Waals surface area contributed by atoms with Crippen LogP contribution in [0.1, 0.15) is 184 Å². The second-order valence-electron chi connectivity index (χ2n) is 22.6. The van der Waals surface area contributed by atoms with E-state index in [1.165, 1.54) is 64.2 Å². The Hall–Kier alpha value is -5.50. The monoisotopic (exact) mass is 1140 g/mol. The Labute approximate surface area is 485 Å². The Morgan fingerprint density at radius 2 is 1.12 bits per heavy atom. The van der Waals surface area contributed by atoms with Crippen LogP contribution >= 0.6 is 7.82 Å². The van der Waals surface area contributed by atoms with Crippen molar-refractivity contribution in [2.45, 2.75) is 175 Å². The fourth-order valence-electron chi connectivity index (χ4n) is 9.71. The molecule has 0 saturated carbocycles. The first-order valence-electron chi connectivity index (χ1n) is 30.1. The van der Waals surface area contributed by atoms with Crippen LogP contribution < -0.4 is 14.2 Å². The van der Waals surface area contributed by atoms with Crippen LogP contribution in [0.5, 0.6) is 17.2 Å². The first-order valence-corrected chi connectivity index (χ1v) is 31.6. The number of nitrogens with one attached hydrogen (secondary N) is 1. The van der Waals surface area contributed by atoms with Gasteiger partial charge < -0.3 is 38.0 Å². The van der Waals surface area contributed by atoms with Gasteiger partial charge in [0.2, 0.25) is 0 Å². The first-order chi connectivity index (χ1) is 39.1. The van der Waals surface area contributed by atoms with E-state index in [0.29, 0.717) is 24.1 Å². The molecule has 2 N–H and O–H groups in total. The van der Waals surface area contributed by atoms with Gasteiger partial charge in [0.25, 0.3) is 0 Å². The van der Waals surface area contributed by atoms with Gasteiger partial charge in [-0.15, -0.1) is 0 Å². The molecule has 0 amide bonds. The standard InChI is InChI=1S/C66H96N3O11P/c1-9-10-11-12-13-14-15-16-17-18-21-24-27-30-62(70)77-49-59(50-79-81(72,73)78-46-44-69(4,5)6)80-63(71)31-28-25-22-19-20-23-26-29-45-76-58-42-36-55(37-43-58)64(65-51(2)47-60(67-65)53-32-38-56(74-7)39-33-53)66-52(3)48-61(68-66)54-34-40-57(75-8)41-35-54/h32-43,47-48,59H,9-31,44-46,49-50H2,1-8H3,(H-,67,68,72,73)/p+1. The predicted octanol–water partition coefficient (Wildman–Crippen LogP) is 15.9. The second-order valence-corrected chi connectivity index (χ2v) is 24.0.